The molecule has 4 rings (SSSR count). The molecule has 0 atom stereocenters. The fourth-order valence-corrected chi connectivity index (χ4v) is 5.68. The smallest absolute Gasteiger partial charge is 0.264 e. The molecule has 0 unspecified atom stereocenters. The van der Waals surface area contributed by atoms with Crippen LogP contribution in [0.1, 0.15) is 11.1 Å². The van der Waals surface area contributed by atoms with Gasteiger partial charge in [0.15, 0.2) is 0 Å². The molecular formula is C28H30ClN3O3S. The third kappa shape index (κ3) is 6.55. The van der Waals surface area contributed by atoms with Crippen molar-refractivity contribution in [3.8, 4) is 0 Å². The molecule has 3 aromatic carbocycles. The molecule has 1 heterocycles. The zero-order valence-electron chi connectivity index (χ0n) is 20.3. The number of halogens is 1. The fourth-order valence-electron chi connectivity index (χ4n) is 4.09. The van der Waals surface area contributed by atoms with Crippen LogP contribution >= 0.6 is 11.6 Å². The maximum Gasteiger partial charge on any atom is 0.264 e. The second kappa shape index (κ2) is 11.7. The molecule has 6 nitrogen and oxygen atoms in total. The number of nitrogens with zero attached hydrogens (tertiary/aromatic N) is 3. The molecule has 3 aromatic rings. The normalized spacial score (nSPS) is 14.8. The average Bonchev–Trinajstić information content (AvgIpc) is 2.88. The Morgan fingerprint density at radius 1 is 0.944 bits per heavy atom. The molecule has 0 bridgehead atoms. The summed E-state index contributed by atoms with van der Waals surface area (Å²) in [5, 5.41) is 0.404. The van der Waals surface area contributed by atoms with E-state index in [2.05, 4.69) is 29.2 Å². The molecule has 0 radical (unpaired) electrons. The number of amides is 1. The first-order chi connectivity index (χ1) is 17.3. The summed E-state index contributed by atoms with van der Waals surface area (Å²) in [6, 6.07) is 23.3. The van der Waals surface area contributed by atoms with Gasteiger partial charge >= 0.3 is 0 Å². The number of hydrogen-bond donors (Lipinski definition) is 0. The monoisotopic (exact) mass is 523 g/mol. The van der Waals surface area contributed by atoms with Crippen molar-refractivity contribution in [2.24, 2.45) is 0 Å². The number of anilines is 1. The molecule has 1 saturated heterocycles. The van der Waals surface area contributed by atoms with Crippen LogP contribution in [0, 0.1) is 6.92 Å². The van der Waals surface area contributed by atoms with Crippen LogP contribution in [0.15, 0.2) is 89.8 Å². The van der Waals surface area contributed by atoms with Crippen molar-refractivity contribution < 1.29 is 13.2 Å². The van der Waals surface area contributed by atoms with Crippen molar-refractivity contribution in [3.63, 3.8) is 0 Å². The Hall–Kier alpha value is -3.13. The van der Waals surface area contributed by atoms with Gasteiger partial charge in [-0.3, -0.25) is 14.0 Å². The highest BCUT2D eigenvalue weighted by Gasteiger charge is 2.30. The third-order valence-corrected chi connectivity index (χ3v) is 8.21. The van der Waals surface area contributed by atoms with Gasteiger partial charge in [0.05, 0.1) is 10.6 Å². The van der Waals surface area contributed by atoms with Crippen LogP contribution in [0.3, 0.4) is 0 Å². The van der Waals surface area contributed by atoms with Gasteiger partial charge in [-0.1, -0.05) is 77.8 Å². The summed E-state index contributed by atoms with van der Waals surface area (Å²) < 4.78 is 28.3. The van der Waals surface area contributed by atoms with E-state index in [9.17, 15) is 13.2 Å². The van der Waals surface area contributed by atoms with Crippen molar-refractivity contribution in [2.45, 2.75) is 11.8 Å². The molecule has 36 heavy (non-hydrogen) atoms. The van der Waals surface area contributed by atoms with E-state index in [1.54, 1.807) is 53.4 Å². The van der Waals surface area contributed by atoms with E-state index in [1.807, 2.05) is 25.1 Å². The van der Waals surface area contributed by atoms with E-state index >= 15 is 0 Å². The number of benzene rings is 3. The van der Waals surface area contributed by atoms with Crippen LogP contribution < -0.4 is 4.31 Å². The number of rotatable bonds is 8. The van der Waals surface area contributed by atoms with Crippen LogP contribution in [-0.2, 0) is 14.8 Å². The fraction of sp³-hybridized carbons (Fsp3) is 0.250. The van der Waals surface area contributed by atoms with Crippen molar-refractivity contribution in [2.75, 3.05) is 43.6 Å². The lowest BCUT2D eigenvalue weighted by Crippen LogP contribution is -2.51. The van der Waals surface area contributed by atoms with Gasteiger partial charge in [0, 0.05) is 37.7 Å². The van der Waals surface area contributed by atoms with E-state index in [4.69, 9.17) is 11.6 Å². The van der Waals surface area contributed by atoms with Crippen LogP contribution in [0.2, 0.25) is 5.02 Å². The predicted octanol–water partition coefficient (Wildman–Crippen LogP) is 4.70. The highest BCUT2D eigenvalue weighted by molar-refractivity contribution is 7.92. The SMILES string of the molecule is Cc1ccc(S(=O)(=O)N(CC(=O)N2CCN(C/C=C/c3ccccc3)CC2)c2cccc(Cl)c2)cc1. The Balaban J connectivity index is 1.43. The number of carbonyl (C=O) groups is 1. The Labute approximate surface area is 218 Å². The maximum atomic E-state index is 13.6. The van der Waals surface area contributed by atoms with Crippen molar-refractivity contribution in [3.05, 3.63) is 101 Å². The quantitative estimate of drug-likeness (QED) is 0.429. The second-order valence-electron chi connectivity index (χ2n) is 8.80. The highest BCUT2D eigenvalue weighted by atomic mass is 35.5. The van der Waals surface area contributed by atoms with Gasteiger partial charge in [-0.25, -0.2) is 8.42 Å². The molecule has 0 spiro atoms. The molecular weight excluding hydrogens is 494 g/mol. The summed E-state index contributed by atoms with van der Waals surface area (Å²) in [4.78, 5) is 17.4. The lowest BCUT2D eigenvalue weighted by molar-refractivity contribution is -0.131. The van der Waals surface area contributed by atoms with Crippen molar-refractivity contribution in [1.29, 1.82) is 0 Å². The van der Waals surface area contributed by atoms with E-state index < -0.39 is 10.0 Å². The highest BCUT2D eigenvalue weighted by Crippen LogP contribution is 2.26. The van der Waals surface area contributed by atoms with Crippen LogP contribution in [0.25, 0.3) is 6.08 Å². The van der Waals surface area contributed by atoms with Gasteiger partial charge in [-0.05, 0) is 42.8 Å². The molecule has 1 fully saturated rings. The largest absolute Gasteiger partial charge is 0.339 e. The standard InChI is InChI=1S/C28H30ClN3O3S/c1-23-12-14-27(15-13-23)36(34,35)32(26-11-5-10-25(29)21-26)22-28(33)31-19-17-30(18-20-31)16-6-9-24-7-3-2-4-8-24/h2-15,21H,16-20,22H2,1H3/b9-6+. The first kappa shape index (κ1) is 25.9. The molecule has 188 valence electrons. The summed E-state index contributed by atoms with van der Waals surface area (Å²) in [6.45, 7) is 4.96. The minimum atomic E-state index is -3.96. The number of carbonyl (C=O) groups excluding carboxylic acids is 1. The molecule has 1 aliphatic heterocycles. The first-order valence-electron chi connectivity index (χ1n) is 11.9. The van der Waals surface area contributed by atoms with Gasteiger partial charge in [0.1, 0.15) is 6.54 Å². The lowest BCUT2D eigenvalue weighted by atomic mass is 10.2. The third-order valence-electron chi connectivity index (χ3n) is 6.18. The molecule has 8 heteroatoms. The average molecular weight is 524 g/mol. The predicted molar refractivity (Wildman–Crippen MR) is 146 cm³/mol. The number of sulfonamides is 1. The molecule has 0 aliphatic carbocycles. The summed E-state index contributed by atoms with van der Waals surface area (Å²) in [5.41, 5.74) is 2.47. The summed E-state index contributed by atoms with van der Waals surface area (Å²) in [7, 11) is -3.96. The van der Waals surface area contributed by atoms with Gasteiger partial charge in [0.2, 0.25) is 5.91 Å². The lowest BCUT2D eigenvalue weighted by Gasteiger charge is -2.35. The Morgan fingerprint density at radius 2 is 1.64 bits per heavy atom. The van der Waals surface area contributed by atoms with Crippen molar-refractivity contribution in [1.82, 2.24) is 9.80 Å². The minimum Gasteiger partial charge on any atom is -0.339 e. The van der Waals surface area contributed by atoms with E-state index in [0.29, 0.717) is 23.8 Å². The van der Waals surface area contributed by atoms with E-state index in [1.165, 1.54) is 0 Å². The molecule has 0 aromatic heterocycles. The molecule has 1 aliphatic rings. The van der Waals surface area contributed by atoms with Crippen LogP contribution in [-0.4, -0.2) is 63.4 Å². The Kier molecular flexibility index (Phi) is 8.46. The number of aryl methyl sites for hydroxylation is 1. The zero-order valence-corrected chi connectivity index (χ0v) is 21.8. The van der Waals surface area contributed by atoms with Gasteiger partial charge in [-0.15, -0.1) is 0 Å². The number of hydrogen-bond acceptors (Lipinski definition) is 4. The second-order valence-corrected chi connectivity index (χ2v) is 11.1. The minimum absolute atomic E-state index is 0.135. The van der Waals surface area contributed by atoms with Crippen LogP contribution in [0.4, 0.5) is 5.69 Å². The zero-order chi connectivity index (χ0) is 25.5. The summed E-state index contributed by atoms with van der Waals surface area (Å²) in [5.74, 6) is -0.231. The topological polar surface area (TPSA) is 60.9 Å². The molecule has 1 amide bonds. The van der Waals surface area contributed by atoms with Crippen molar-refractivity contribution >= 4 is 39.3 Å². The van der Waals surface area contributed by atoms with E-state index in [0.717, 1.165) is 35.1 Å². The van der Waals surface area contributed by atoms with Gasteiger partial charge in [-0.2, -0.15) is 0 Å². The summed E-state index contributed by atoms with van der Waals surface area (Å²) in [6.07, 6.45) is 4.22. The molecule has 0 saturated carbocycles. The van der Waals surface area contributed by atoms with Gasteiger partial charge < -0.3 is 4.90 Å². The summed E-state index contributed by atoms with van der Waals surface area (Å²) >= 11 is 6.16. The maximum absolute atomic E-state index is 13.6. The van der Waals surface area contributed by atoms with Crippen LogP contribution in [0.5, 0.6) is 0 Å². The first-order valence-corrected chi connectivity index (χ1v) is 13.7. The number of piperazine rings is 1. The van der Waals surface area contributed by atoms with Gasteiger partial charge in [0.25, 0.3) is 10.0 Å². The Morgan fingerprint density at radius 3 is 2.31 bits per heavy atom. The Bertz CT molecular complexity index is 1300. The van der Waals surface area contributed by atoms with E-state index in [-0.39, 0.29) is 17.3 Å². The molecule has 0 N–H and O–H groups in total.